The van der Waals surface area contributed by atoms with Crippen molar-refractivity contribution in [3.8, 4) is 17.1 Å². The average molecular weight is 562 g/mol. The highest BCUT2D eigenvalue weighted by Crippen LogP contribution is 2.31. The molecule has 1 amide bonds. The number of carbonyl (C=O) groups excluding carboxylic acids is 1. The lowest BCUT2D eigenvalue weighted by molar-refractivity contribution is -0.129. The van der Waals surface area contributed by atoms with Crippen LogP contribution in [0.2, 0.25) is 0 Å². The molecule has 3 N–H and O–H groups in total. The monoisotopic (exact) mass is 561 g/mol. The van der Waals surface area contributed by atoms with Crippen LogP contribution in [0.1, 0.15) is 44.6 Å². The summed E-state index contributed by atoms with van der Waals surface area (Å²) >= 11 is 0. The van der Waals surface area contributed by atoms with Gasteiger partial charge < -0.3 is 14.6 Å². The van der Waals surface area contributed by atoms with E-state index in [1.165, 1.54) is 21.0 Å². The molecule has 1 aromatic carbocycles. The molecular formula is C25H35N7O6S. The predicted molar refractivity (Wildman–Crippen MR) is 143 cm³/mol. The van der Waals surface area contributed by atoms with Gasteiger partial charge in [-0.15, -0.1) is 5.10 Å². The van der Waals surface area contributed by atoms with E-state index < -0.39 is 15.9 Å². The Bertz CT molecular complexity index is 1490. The molecule has 1 fully saturated rings. The van der Waals surface area contributed by atoms with E-state index in [2.05, 4.69) is 20.0 Å². The van der Waals surface area contributed by atoms with Crippen molar-refractivity contribution in [1.29, 1.82) is 0 Å². The topological polar surface area (TPSA) is 162 Å². The normalized spacial score (nSPS) is 15.1. The fourth-order valence-electron chi connectivity index (χ4n) is 4.74. The summed E-state index contributed by atoms with van der Waals surface area (Å²) < 4.78 is 35.9. The Labute approximate surface area is 226 Å². The van der Waals surface area contributed by atoms with Crippen LogP contribution in [0.15, 0.2) is 27.9 Å². The molecule has 0 spiro atoms. The zero-order valence-electron chi connectivity index (χ0n) is 22.4. The molecule has 0 saturated carbocycles. The van der Waals surface area contributed by atoms with Crippen LogP contribution in [0.3, 0.4) is 0 Å². The van der Waals surface area contributed by atoms with E-state index in [4.69, 9.17) is 9.94 Å². The van der Waals surface area contributed by atoms with Crippen molar-refractivity contribution in [3.05, 3.63) is 40.1 Å². The smallest absolute Gasteiger partial charge is 0.277 e. The molecule has 39 heavy (non-hydrogen) atoms. The van der Waals surface area contributed by atoms with Crippen molar-refractivity contribution < 1.29 is 23.2 Å². The number of ether oxygens (including phenoxy) is 1. The first kappa shape index (κ1) is 28.7. The highest BCUT2D eigenvalue weighted by Gasteiger charge is 2.29. The number of nitrogens with zero attached hydrogens (tertiary/aromatic N) is 5. The van der Waals surface area contributed by atoms with Gasteiger partial charge in [0.1, 0.15) is 11.6 Å². The van der Waals surface area contributed by atoms with Crippen molar-refractivity contribution in [1.82, 2.24) is 34.3 Å². The number of aromatic nitrogens is 4. The lowest BCUT2D eigenvalue weighted by Crippen LogP contribution is -2.48. The molecule has 1 aliphatic rings. The quantitative estimate of drug-likeness (QED) is 0.232. The van der Waals surface area contributed by atoms with Gasteiger partial charge in [-0.1, -0.05) is 6.92 Å². The summed E-state index contributed by atoms with van der Waals surface area (Å²) in [5.74, 6) is 0.820. The fraction of sp³-hybridized carbons (Fsp3) is 0.520. The van der Waals surface area contributed by atoms with Crippen molar-refractivity contribution in [2.24, 2.45) is 0 Å². The molecule has 3 heterocycles. The van der Waals surface area contributed by atoms with Crippen molar-refractivity contribution in [2.45, 2.75) is 51.3 Å². The zero-order valence-corrected chi connectivity index (χ0v) is 23.3. The Kier molecular flexibility index (Phi) is 9.00. The Balaban J connectivity index is 1.62. The first-order chi connectivity index (χ1) is 18.7. The largest absolute Gasteiger partial charge is 0.493 e. The van der Waals surface area contributed by atoms with Crippen LogP contribution in [0, 0.1) is 6.92 Å². The summed E-state index contributed by atoms with van der Waals surface area (Å²) in [6.07, 6.45) is 2.22. The molecule has 3 aromatic rings. The van der Waals surface area contributed by atoms with E-state index in [0.29, 0.717) is 80.5 Å². The van der Waals surface area contributed by atoms with Crippen molar-refractivity contribution in [3.63, 3.8) is 0 Å². The molecule has 1 saturated heterocycles. The minimum atomic E-state index is -3.84. The van der Waals surface area contributed by atoms with E-state index >= 15 is 0 Å². The van der Waals surface area contributed by atoms with Gasteiger partial charge in [-0.25, -0.2) is 23.4 Å². The number of imidazole rings is 1. The predicted octanol–water partition coefficient (Wildman–Crippen LogP) is 1.34. The van der Waals surface area contributed by atoms with Gasteiger partial charge in [-0.05, 0) is 51.4 Å². The van der Waals surface area contributed by atoms with E-state index in [1.807, 2.05) is 13.8 Å². The standard InChI is InChI=1S/C25H35N7O6S/c1-4-7-21-26-17(3)23-25(34)27-24(28-32(21)23)19-16-18(9-10-20(19)38-5-2)39(36,37)31-14-12-30(13-15-31)11-6-8-22(33)29-35/h9-10,16,35H,4-8,11-15H2,1-3H3,(H,29,33)(H,27,28,34). The maximum Gasteiger partial charge on any atom is 0.277 e. The first-order valence-electron chi connectivity index (χ1n) is 13.1. The Hall–Kier alpha value is -3.33. The number of benzene rings is 1. The van der Waals surface area contributed by atoms with Crippen molar-refractivity contribution >= 4 is 21.4 Å². The van der Waals surface area contributed by atoms with E-state index in [-0.39, 0.29) is 22.7 Å². The number of carbonyl (C=O) groups is 1. The molecule has 13 nitrogen and oxygen atoms in total. The molecule has 14 heteroatoms. The highest BCUT2D eigenvalue weighted by atomic mass is 32.2. The number of aromatic amines is 1. The SMILES string of the molecule is CCCc1nc(C)c2c(=O)[nH]c(-c3cc(S(=O)(=O)N4CCN(CCCC(=O)NO)CC4)ccc3OCC)nn12. The number of fused-ring (bicyclic) bond motifs is 1. The summed E-state index contributed by atoms with van der Waals surface area (Å²) in [7, 11) is -3.84. The fourth-order valence-corrected chi connectivity index (χ4v) is 6.19. The third-order valence-corrected chi connectivity index (χ3v) is 8.59. The number of hydrogen-bond acceptors (Lipinski definition) is 9. The van der Waals surface area contributed by atoms with E-state index in [0.717, 1.165) is 6.42 Å². The van der Waals surface area contributed by atoms with Crippen LogP contribution < -0.4 is 15.8 Å². The van der Waals surface area contributed by atoms with Crippen LogP contribution >= 0.6 is 0 Å². The third kappa shape index (κ3) is 6.13. The lowest BCUT2D eigenvalue weighted by Gasteiger charge is -2.34. The number of H-pyrrole nitrogens is 1. The van der Waals surface area contributed by atoms with Gasteiger partial charge in [0, 0.05) is 39.0 Å². The second-order valence-corrected chi connectivity index (χ2v) is 11.3. The van der Waals surface area contributed by atoms with Crippen LogP contribution in [0.4, 0.5) is 0 Å². The molecule has 0 atom stereocenters. The number of sulfonamides is 1. The summed E-state index contributed by atoms with van der Waals surface area (Å²) in [5.41, 5.74) is 2.56. The summed E-state index contributed by atoms with van der Waals surface area (Å²) in [4.78, 5) is 33.7. The Morgan fingerprint density at radius 3 is 2.62 bits per heavy atom. The Morgan fingerprint density at radius 1 is 1.21 bits per heavy atom. The van der Waals surface area contributed by atoms with Crippen molar-refractivity contribution in [2.75, 3.05) is 39.3 Å². The summed E-state index contributed by atoms with van der Waals surface area (Å²) in [6.45, 7) is 8.21. The lowest BCUT2D eigenvalue weighted by atomic mass is 10.2. The minimum Gasteiger partial charge on any atom is -0.493 e. The second kappa shape index (κ2) is 12.2. The maximum atomic E-state index is 13.6. The van der Waals surface area contributed by atoms with Crippen LogP contribution in [0.25, 0.3) is 16.9 Å². The van der Waals surface area contributed by atoms with Gasteiger partial charge in [-0.2, -0.15) is 4.31 Å². The van der Waals surface area contributed by atoms with Crippen LogP contribution in [-0.4, -0.2) is 87.7 Å². The van der Waals surface area contributed by atoms with Gasteiger partial charge in [-0.3, -0.25) is 14.8 Å². The number of nitrogens with one attached hydrogen (secondary N) is 2. The number of hydrogen-bond donors (Lipinski definition) is 3. The van der Waals surface area contributed by atoms with Gasteiger partial charge in [0.2, 0.25) is 15.9 Å². The molecule has 212 valence electrons. The molecule has 2 aromatic heterocycles. The molecular weight excluding hydrogens is 526 g/mol. The first-order valence-corrected chi connectivity index (χ1v) is 14.5. The maximum absolute atomic E-state index is 13.6. The third-order valence-electron chi connectivity index (χ3n) is 6.69. The molecule has 0 radical (unpaired) electrons. The summed E-state index contributed by atoms with van der Waals surface area (Å²) in [5, 5.41) is 13.3. The van der Waals surface area contributed by atoms with Gasteiger partial charge >= 0.3 is 0 Å². The number of amides is 1. The molecule has 0 bridgehead atoms. The Morgan fingerprint density at radius 2 is 1.95 bits per heavy atom. The molecule has 4 rings (SSSR count). The molecule has 0 aliphatic carbocycles. The molecule has 1 aliphatic heterocycles. The van der Waals surface area contributed by atoms with E-state index in [1.54, 1.807) is 18.5 Å². The van der Waals surface area contributed by atoms with Gasteiger partial charge in [0.25, 0.3) is 5.56 Å². The zero-order chi connectivity index (χ0) is 28.2. The van der Waals surface area contributed by atoms with Crippen LogP contribution in [0.5, 0.6) is 5.75 Å². The van der Waals surface area contributed by atoms with Gasteiger partial charge in [0.15, 0.2) is 11.3 Å². The minimum absolute atomic E-state index is 0.0763. The number of hydroxylamine groups is 1. The number of aryl methyl sites for hydroxylation is 2. The number of piperazine rings is 1. The second-order valence-electron chi connectivity index (χ2n) is 9.40. The van der Waals surface area contributed by atoms with Gasteiger partial charge in [0.05, 0.1) is 22.8 Å². The average Bonchev–Trinajstić information content (AvgIpc) is 3.24. The number of rotatable bonds is 11. The highest BCUT2D eigenvalue weighted by molar-refractivity contribution is 7.89. The summed E-state index contributed by atoms with van der Waals surface area (Å²) in [6, 6.07) is 4.59. The molecule has 0 unspecified atom stereocenters. The van der Waals surface area contributed by atoms with Crippen LogP contribution in [-0.2, 0) is 21.2 Å². The van der Waals surface area contributed by atoms with E-state index in [9.17, 15) is 18.0 Å².